The maximum atomic E-state index is 13.6. The molecule has 33 heavy (non-hydrogen) atoms. The lowest BCUT2D eigenvalue weighted by Crippen LogP contribution is -2.73. The van der Waals surface area contributed by atoms with Crippen LogP contribution in [0.15, 0.2) is 0 Å². The van der Waals surface area contributed by atoms with Gasteiger partial charge in [-0.15, -0.1) is 0 Å². The number of rotatable bonds is 13. The predicted octanol–water partition coefficient (Wildman–Crippen LogP) is 7.98. The van der Waals surface area contributed by atoms with E-state index < -0.39 is 64.3 Å². The van der Waals surface area contributed by atoms with E-state index in [1.807, 2.05) is 6.92 Å². The lowest BCUT2D eigenvalue weighted by molar-refractivity contribution is -0.449. The molecule has 0 aliphatic carbocycles. The molecule has 198 valence electrons. The summed E-state index contributed by atoms with van der Waals surface area (Å²) in [5.41, 5.74) is 0. The maximum Gasteiger partial charge on any atom is 0.460 e. The van der Waals surface area contributed by atoms with Crippen LogP contribution < -0.4 is 0 Å². The van der Waals surface area contributed by atoms with E-state index in [1.165, 1.54) is 0 Å². The number of carbonyl (C=O) groups is 1. The minimum absolute atomic E-state index is 0.107. The fourth-order valence-electron chi connectivity index (χ4n) is 2.23. The van der Waals surface area contributed by atoms with Crippen LogP contribution in [-0.2, 0) is 4.79 Å². The average Bonchev–Trinajstić information content (AvgIpc) is 2.65. The first kappa shape index (κ1) is 32.0. The monoisotopic (exact) mass is 542 g/mol. The molecule has 1 nitrogen and oxygen atoms in total. The molecule has 0 amide bonds. The van der Waals surface area contributed by atoms with Crippen molar-refractivity contribution in [2.45, 2.75) is 87.2 Å². The van der Waals surface area contributed by atoms with E-state index in [-0.39, 0.29) is 12.8 Å². The van der Waals surface area contributed by atoms with Crippen LogP contribution in [0.3, 0.4) is 0 Å². The Hall–Kier alpha value is -1.03. The van der Waals surface area contributed by atoms with Crippen molar-refractivity contribution in [1.82, 2.24) is 0 Å². The maximum absolute atomic E-state index is 13.6. The normalized spacial score (nSPS) is 15.2. The van der Waals surface area contributed by atoms with Crippen LogP contribution in [0.25, 0.3) is 0 Å². The van der Waals surface area contributed by atoms with Gasteiger partial charge in [0.15, 0.2) is 0 Å². The quantitative estimate of drug-likeness (QED) is 0.173. The van der Waals surface area contributed by atoms with Gasteiger partial charge in [-0.25, -0.2) is 0 Å². The molecule has 0 fully saturated rings. The van der Waals surface area contributed by atoms with Crippen LogP contribution in [0, 0.1) is 0 Å². The molecule has 0 N–H and O–H groups in total. The van der Waals surface area contributed by atoms with Gasteiger partial charge in [-0.1, -0.05) is 50.8 Å². The molecule has 0 saturated heterocycles. The Morgan fingerprint density at radius 3 is 1.33 bits per heavy atom. The van der Waals surface area contributed by atoms with Gasteiger partial charge < -0.3 is 0 Å². The van der Waals surface area contributed by atoms with Gasteiger partial charge in [-0.3, -0.25) is 4.79 Å². The van der Waals surface area contributed by atoms with Crippen molar-refractivity contribution in [3.05, 3.63) is 0 Å². The van der Waals surface area contributed by atoms with E-state index in [0.29, 0.717) is 12.8 Å². The Bertz CT molecular complexity index is 657. The summed E-state index contributed by atoms with van der Waals surface area (Å²) in [5, 5.41) is -3.19. The second-order valence-electron chi connectivity index (χ2n) is 6.85. The largest absolute Gasteiger partial charge is 0.460 e. The smallest absolute Gasteiger partial charge is 0.280 e. The molecule has 0 bridgehead atoms. The molecule has 17 heteroatoms. The molecule has 0 aromatic heterocycles. The van der Waals surface area contributed by atoms with Crippen molar-refractivity contribution in [1.29, 1.82) is 0 Å². The number of alkyl halides is 15. The SMILES string of the molecule is CCCCCCCCSC(=O)C(F)(F)C(F)(F)C(F)(F)C(F)(F)C(F)(F)C(F)(F)C(F)(F)F. The molecule has 0 aliphatic heterocycles. The van der Waals surface area contributed by atoms with Crippen molar-refractivity contribution in [3.63, 3.8) is 0 Å². The molecule has 0 unspecified atom stereocenters. The van der Waals surface area contributed by atoms with Crippen molar-refractivity contribution in [3.8, 4) is 0 Å². The molecule has 0 saturated carbocycles. The molecule has 0 aliphatic rings. The lowest BCUT2D eigenvalue weighted by atomic mass is 9.91. The van der Waals surface area contributed by atoms with E-state index in [4.69, 9.17) is 0 Å². The molecular weight excluding hydrogens is 525 g/mol. The second kappa shape index (κ2) is 10.3. The molecule has 0 spiro atoms. The van der Waals surface area contributed by atoms with Gasteiger partial charge in [0.05, 0.1) is 0 Å². The molecule has 0 atom stereocenters. The van der Waals surface area contributed by atoms with Gasteiger partial charge >= 0.3 is 41.7 Å². The topological polar surface area (TPSA) is 17.1 Å². The molecular formula is C16H17F15OS. The zero-order chi connectivity index (χ0) is 26.7. The Labute approximate surface area is 181 Å². The number of unbranched alkanes of at least 4 members (excludes halogenated alkanes) is 5. The molecule has 0 rings (SSSR count). The summed E-state index contributed by atoms with van der Waals surface area (Å²) in [7, 11) is 0. The van der Waals surface area contributed by atoms with Crippen molar-refractivity contribution >= 4 is 16.9 Å². The van der Waals surface area contributed by atoms with Crippen LogP contribution in [0.1, 0.15) is 45.4 Å². The fraction of sp³-hybridized carbons (Fsp3) is 0.938. The summed E-state index contributed by atoms with van der Waals surface area (Å²) < 4.78 is 196. The Kier molecular flexibility index (Phi) is 9.98. The van der Waals surface area contributed by atoms with Gasteiger partial charge in [0.1, 0.15) is 0 Å². The molecule has 0 aromatic carbocycles. The van der Waals surface area contributed by atoms with Gasteiger partial charge in [0.25, 0.3) is 5.12 Å². The van der Waals surface area contributed by atoms with Crippen LogP contribution in [0.4, 0.5) is 65.9 Å². The first-order chi connectivity index (χ1) is 14.5. The summed E-state index contributed by atoms with van der Waals surface area (Å²) in [6.07, 6.45) is -4.75. The highest BCUT2D eigenvalue weighted by molar-refractivity contribution is 8.13. The summed E-state index contributed by atoms with van der Waals surface area (Å²) in [4.78, 5) is 11.3. The van der Waals surface area contributed by atoms with E-state index in [2.05, 4.69) is 0 Å². The van der Waals surface area contributed by atoms with Crippen molar-refractivity contribution in [2.24, 2.45) is 0 Å². The van der Waals surface area contributed by atoms with Crippen LogP contribution in [0.5, 0.6) is 0 Å². The molecule has 0 aromatic rings. The van der Waals surface area contributed by atoms with Gasteiger partial charge in [-0.05, 0) is 6.42 Å². The Morgan fingerprint density at radius 2 is 0.909 bits per heavy atom. The number of halogens is 15. The van der Waals surface area contributed by atoms with Crippen LogP contribution in [0.2, 0.25) is 0 Å². The summed E-state index contributed by atoms with van der Waals surface area (Å²) >= 11 is -0.745. The minimum atomic E-state index is -8.38. The summed E-state index contributed by atoms with van der Waals surface area (Å²) in [5.74, 6) is -48.3. The lowest BCUT2D eigenvalue weighted by Gasteiger charge is -2.41. The van der Waals surface area contributed by atoms with Gasteiger partial charge in [0, 0.05) is 5.75 Å². The third kappa shape index (κ3) is 5.63. The highest BCUT2D eigenvalue weighted by atomic mass is 32.2. The Morgan fingerprint density at radius 1 is 0.545 bits per heavy atom. The Balaban J connectivity index is 5.78. The third-order valence-corrected chi connectivity index (χ3v) is 5.33. The first-order valence-electron chi connectivity index (χ1n) is 8.99. The highest BCUT2D eigenvalue weighted by Crippen LogP contribution is 2.62. The zero-order valence-electron chi connectivity index (χ0n) is 16.4. The van der Waals surface area contributed by atoms with E-state index in [1.54, 1.807) is 0 Å². The van der Waals surface area contributed by atoms with Crippen molar-refractivity contribution in [2.75, 3.05) is 5.75 Å². The summed E-state index contributed by atoms with van der Waals surface area (Å²) in [6, 6.07) is 0. The summed E-state index contributed by atoms with van der Waals surface area (Å²) in [6.45, 7) is 1.84. The standard InChI is InChI=1S/C16H17F15OS/c1-2-3-4-5-6-7-8-33-9(32)10(17,18)11(19,20)12(21,22)13(23,24)14(25,26)15(27,28)16(29,30)31/h2-8H2,1H3. The number of hydrogen-bond acceptors (Lipinski definition) is 2. The second-order valence-corrected chi connectivity index (χ2v) is 7.92. The van der Waals surface area contributed by atoms with E-state index in [9.17, 15) is 70.7 Å². The first-order valence-corrected chi connectivity index (χ1v) is 9.97. The third-order valence-electron chi connectivity index (χ3n) is 4.32. The molecule has 0 radical (unpaired) electrons. The van der Waals surface area contributed by atoms with Crippen LogP contribution >= 0.6 is 11.8 Å². The van der Waals surface area contributed by atoms with Gasteiger partial charge in [-0.2, -0.15) is 65.9 Å². The zero-order valence-corrected chi connectivity index (χ0v) is 17.3. The minimum Gasteiger partial charge on any atom is -0.280 e. The van der Waals surface area contributed by atoms with Gasteiger partial charge in [0.2, 0.25) is 0 Å². The molecule has 0 heterocycles. The number of carbonyl (C=O) groups excluding carboxylic acids is 1. The average molecular weight is 542 g/mol. The van der Waals surface area contributed by atoms with E-state index in [0.717, 1.165) is 12.8 Å². The number of thioether (sulfide) groups is 1. The predicted molar refractivity (Wildman–Crippen MR) is 86.6 cm³/mol. The van der Waals surface area contributed by atoms with Crippen molar-refractivity contribution < 1.29 is 70.7 Å². The fourth-order valence-corrected chi connectivity index (χ4v) is 3.08. The van der Waals surface area contributed by atoms with Crippen LogP contribution in [-0.4, -0.2) is 52.6 Å². The van der Waals surface area contributed by atoms with E-state index >= 15 is 0 Å². The number of hydrogen-bond donors (Lipinski definition) is 0. The highest BCUT2D eigenvalue weighted by Gasteiger charge is 2.93.